The van der Waals surface area contributed by atoms with Gasteiger partial charge >= 0.3 is 5.97 Å². The molecule has 2 heterocycles. The average molecular weight is 500 g/mol. The quantitative estimate of drug-likeness (QED) is 0.392. The largest absolute Gasteiger partial charge is 0.465 e. The molecule has 2 aromatic carbocycles. The molecule has 0 unspecified atom stereocenters. The van der Waals surface area contributed by atoms with Crippen molar-refractivity contribution in [2.75, 3.05) is 33.4 Å². The number of thiazole rings is 1. The molecule has 0 radical (unpaired) electrons. The maximum absolute atomic E-state index is 12.9. The van der Waals surface area contributed by atoms with Gasteiger partial charge < -0.3 is 14.0 Å². The number of morpholine rings is 1. The molecule has 176 valence electrons. The van der Waals surface area contributed by atoms with E-state index < -0.39 is 21.9 Å². The smallest absolute Gasteiger partial charge is 0.337 e. The minimum atomic E-state index is -3.66. The van der Waals surface area contributed by atoms with Crippen molar-refractivity contribution in [3.05, 3.63) is 58.4 Å². The number of fused-ring (bicyclic) bond motifs is 1. The molecule has 1 saturated heterocycles. The average Bonchev–Trinajstić information content (AvgIpc) is 3.20. The van der Waals surface area contributed by atoms with Gasteiger partial charge in [0.2, 0.25) is 10.0 Å². The highest BCUT2D eigenvalue weighted by Gasteiger charge is 2.26. The van der Waals surface area contributed by atoms with E-state index in [1.807, 2.05) is 0 Å². The Labute approximate surface area is 200 Å². The predicted molar refractivity (Wildman–Crippen MR) is 126 cm³/mol. The number of esters is 1. The zero-order valence-corrected chi connectivity index (χ0v) is 19.9. The molecule has 0 bridgehead atoms. The molecule has 0 spiro atoms. The highest BCUT2D eigenvalue weighted by molar-refractivity contribution is 7.89. The van der Waals surface area contributed by atoms with E-state index in [2.05, 4.69) is 10.9 Å². The van der Waals surface area contributed by atoms with E-state index in [9.17, 15) is 18.0 Å². The second-order valence-corrected chi connectivity index (χ2v) is 10.3. The topological polar surface area (TPSA) is 107 Å². The van der Waals surface area contributed by atoms with Crippen LogP contribution in [0.5, 0.6) is 0 Å². The molecule has 9 nitrogen and oxygen atoms in total. The number of rotatable bonds is 5. The number of amides is 1. The van der Waals surface area contributed by atoms with Crippen molar-refractivity contribution in [2.45, 2.75) is 11.4 Å². The number of terminal acetylenes is 1. The van der Waals surface area contributed by atoms with Gasteiger partial charge in [0.25, 0.3) is 5.91 Å². The van der Waals surface area contributed by atoms with Crippen LogP contribution in [-0.4, -0.2) is 62.6 Å². The van der Waals surface area contributed by atoms with Crippen LogP contribution in [0.4, 0.5) is 0 Å². The van der Waals surface area contributed by atoms with Gasteiger partial charge in [-0.05, 0) is 42.5 Å². The molecule has 1 aliphatic heterocycles. The van der Waals surface area contributed by atoms with Gasteiger partial charge in [0.05, 0.1) is 47.5 Å². The second kappa shape index (κ2) is 9.90. The van der Waals surface area contributed by atoms with Gasteiger partial charge in [-0.2, -0.15) is 9.30 Å². The third-order valence-electron chi connectivity index (χ3n) is 5.26. The number of carbonyl (C=O) groups excluding carboxylic acids is 2. The Morgan fingerprint density at radius 3 is 2.47 bits per heavy atom. The maximum Gasteiger partial charge on any atom is 0.337 e. The van der Waals surface area contributed by atoms with E-state index in [1.54, 1.807) is 22.8 Å². The van der Waals surface area contributed by atoms with Gasteiger partial charge in [-0.15, -0.1) is 6.42 Å². The van der Waals surface area contributed by atoms with Crippen molar-refractivity contribution in [1.82, 2.24) is 8.87 Å². The Morgan fingerprint density at radius 1 is 1.15 bits per heavy atom. The van der Waals surface area contributed by atoms with E-state index in [0.29, 0.717) is 23.6 Å². The normalized spacial score (nSPS) is 15.2. The first-order valence-corrected chi connectivity index (χ1v) is 12.5. The fourth-order valence-corrected chi connectivity index (χ4v) is 5.98. The van der Waals surface area contributed by atoms with E-state index in [0.717, 1.165) is 10.2 Å². The summed E-state index contributed by atoms with van der Waals surface area (Å²) < 4.78 is 39.3. The molecule has 0 saturated carbocycles. The van der Waals surface area contributed by atoms with Crippen molar-refractivity contribution >= 4 is 43.5 Å². The highest BCUT2D eigenvalue weighted by atomic mass is 32.2. The van der Waals surface area contributed by atoms with Crippen molar-refractivity contribution in [3.8, 4) is 12.3 Å². The number of benzene rings is 2. The summed E-state index contributed by atoms with van der Waals surface area (Å²) in [5, 5.41) is 0. The van der Waals surface area contributed by atoms with Gasteiger partial charge in [0.15, 0.2) is 4.80 Å². The molecule has 1 fully saturated rings. The van der Waals surface area contributed by atoms with Gasteiger partial charge in [-0.3, -0.25) is 4.79 Å². The van der Waals surface area contributed by atoms with Crippen LogP contribution in [0.1, 0.15) is 20.7 Å². The Morgan fingerprint density at radius 2 is 1.82 bits per heavy atom. The first kappa shape index (κ1) is 23.8. The SMILES string of the molecule is C#CCn1c(=NC(=O)c2ccc(S(=O)(=O)N3CCOCC3)cc2)sc2cc(C(=O)OC)ccc21. The summed E-state index contributed by atoms with van der Waals surface area (Å²) in [5.74, 6) is 1.53. The lowest BCUT2D eigenvalue weighted by Gasteiger charge is -2.26. The molecule has 4 rings (SSSR count). The minimum absolute atomic E-state index is 0.102. The summed E-state index contributed by atoms with van der Waals surface area (Å²) >= 11 is 1.21. The lowest BCUT2D eigenvalue weighted by molar-refractivity contribution is 0.0600. The standard InChI is InChI=1S/C23H21N3O6S2/c1-3-10-26-19-9-6-17(22(28)31-2)15-20(19)33-23(26)24-21(27)16-4-7-18(8-5-16)34(29,30)25-11-13-32-14-12-25/h1,4-9,15H,10-14H2,2H3. The van der Waals surface area contributed by atoms with E-state index in [1.165, 1.54) is 47.0 Å². The van der Waals surface area contributed by atoms with Crippen LogP contribution in [0, 0.1) is 12.3 Å². The van der Waals surface area contributed by atoms with Crippen LogP contribution >= 0.6 is 11.3 Å². The lowest BCUT2D eigenvalue weighted by Crippen LogP contribution is -2.40. The lowest BCUT2D eigenvalue weighted by atomic mass is 10.2. The number of hydrogen-bond acceptors (Lipinski definition) is 7. The fourth-order valence-electron chi connectivity index (χ4n) is 3.50. The first-order valence-electron chi connectivity index (χ1n) is 10.3. The Balaban J connectivity index is 1.66. The molecule has 0 aliphatic carbocycles. The zero-order chi connectivity index (χ0) is 24.3. The number of hydrogen-bond donors (Lipinski definition) is 0. The second-order valence-electron chi connectivity index (χ2n) is 7.31. The summed E-state index contributed by atoms with van der Waals surface area (Å²) in [6.07, 6.45) is 5.50. The molecule has 1 amide bonds. The van der Waals surface area contributed by atoms with Crippen LogP contribution < -0.4 is 4.80 Å². The number of ether oxygens (including phenoxy) is 2. The van der Waals surface area contributed by atoms with E-state index in [4.69, 9.17) is 15.9 Å². The minimum Gasteiger partial charge on any atom is -0.465 e. The molecule has 0 N–H and O–H groups in total. The predicted octanol–water partition coefficient (Wildman–Crippen LogP) is 1.88. The Bertz CT molecular complexity index is 1460. The van der Waals surface area contributed by atoms with E-state index >= 15 is 0 Å². The first-order chi connectivity index (χ1) is 16.3. The van der Waals surface area contributed by atoms with E-state index in [-0.39, 0.29) is 30.1 Å². The maximum atomic E-state index is 12.9. The number of aromatic nitrogens is 1. The van der Waals surface area contributed by atoms with Crippen LogP contribution in [-0.2, 0) is 26.0 Å². The van der Waals surface area contributed by atoms with Crippen molar-refractivity contribution in [3.63, 3.8) is 0 Å². The third-order valence-corrected chi connectivity index (χ3v) is 8.21. The van der Waals surface area contributed by atoms with Gasteiger partial charge in [-0.1, -0.05) is 17.3 Å². The summed E-state index contributed by atoms with van der Waals surface area (Å²) in [7, 11) is -2.36. The van der Waals surface area contributed by atoms with Crippen LogP contribution in [0.2, 0.25) is 0 Å². The van der Waals surface area contributed by atoms with Crippen LogP contribution in [0.25, 0.3) is 10.2 Å². The highest BCUT2D eigenvalue weighted by Crippen LogP contribution is 2.21. The Hall–Kier alpha value is -3.30. The fraction of sp³-hybridized carbons (Fsp3) is 0.261. The number of methoxy groups -OCH3 is 1. The molecular formula is C23H21N3O6S2. The van der Waals surface area contributed by atoms with Gasteiger partial charge in [0.1, 0.15) is 0 Å². The monoisotopic (exact) mass is 499 g/mol. The summed E-state index contributed by atoms with van der Waals surface area (Å²) in [6.45, 7) is 1.46. The summed E-state index contributed by atoms with van der Waals surface area (Å²) in [4.78, 5) is 29.4. The molecule has 34 heavy (non-hydrogen) atoms. The van der Waals surface area contributed by atoms with Crippen molar-refractivity contribution < 1.29 is 27.5 Å². The molecule has 1 aromatic heterocycles. The molecule has 0 atom stereocenters. The summed E-state index contributed by atoms with van der Waals surface area (Å²) in [5.41, 5.74) is 1.34. The number of carbonyl (C=O) groups is 2. The van der Waals surface area contributed by atoms with Crippen LogP contribution in [0.3, 0.4) is 0 Å². The molecule has 1 aliphatic rings. The van der Waals surface area contributed by atoms with Gasteiger partial charge in [-0.25, -0.2) is 13.2 Å². The number of sulfonamides is 1. The Kier molecular flexibility index (Phi) is 6.95. The van der Waals surface area contributed by atoms with Crippen molar-refractivity contribution in [1.29, 1.82) is 0 Å². The van der Waals surface area contributed by atoms with Crippen LogP contribution in [0.15, 0.2) is 52.4 Å². The zero-order valence-electron chi connectivity index (χ0n) is 18.3. The third kappa shape index (κ3) is 4.67. The molecular weight excluding hydrogens is 478 g/mol. The molecule has 3 aromatic rings. The van der Waals surface area contributed by atoms with Crippen molar-refractivity contribution in [2.24, 2.45) is 4.99 Å². The molecule has 11 heteroatoms. The van der Waals surface area contributed by atoms with Gasteiger partial charge in [0, 0.05) is 18.7 Å². The number of nitrogens with zero attached hydrogens (tertiary/aromatic N) is 3. The summed E-state index contributed by atoms with van der Waals surface area (Å²) in [6, 6.07) is 10.7.